The molecule has 0 fully saturated rings. The third kappa shape index (κ3) is 6.92. The molecule has 6 nitrogen and oxygen atoms in total. The van der Waals surface area contributed by atoms with Gasteiger partial charge in [0.05, 0.1) is 6.61 Å². The largest absolute Gasteiger partial charge is 0.494 e. The lowest BCUT2D eigenvalue weighted by Crippen LogP contribution is -2.39. The number of urea groups is 1. The van der Waals surface area contributed by atoms with E-state index in [4.69, 9.17) is 9.84 Å². The lowest BCUT2D eigenvalue weighted by molar-refractivity contribution is -0.135. The van der Waals surface area contributed by atoms with Crippen LogP contribution in [0.5, 0.6) is 5.75 Å². The molecular weight excluding hydrogens is 248 g/mol. The van der Waals surface area contributed by atoms with E-state index in [-0.39, 0.29) is 6.54 Å². The summed E-state index contributed by atoms with van der Waals surface area (Å²) >= 11 is 0. The van der Waals surface area contributed by atoms with Crippen LogP contribution in [0.15, 0.2) is 24.3 Å². The number of aliphatic carboxylic acids is 1. The lowest BCUT2D eigenvalue weighted by atomic mass is 10.2. The van der Waals surface area contributed by atoms with Gasteiger partial charge < -0.3 is 20.5 Å². The van der Waals surface area contributed by atoms with Crippen molar-refractivity contribution in [2.75, 3.05) is 19.7 Å². The number of rotatable bonds is 7. The molecule has 1 aromatic carbocycles. The van der Waals surface area contributed by atoms with E-state index >= 15 is 0 Å². The van der Waals surface area contributed by atoms with Gasteiger partial charge in [0.15, 0.2) is 0 Å². The highest BCUT2D eigenvalue weighted by atomic mass is 16.5. The van der Waals surface area contributed by atoms with Crippen molar-refractivity contribution in [3.63, 3.8) is 0 Å². The van der Waals surface area contributed by atoms with Crippen molar-refractivity contribution in [2.24, 2.45) is 0 Å². The zero-order chi connectivity index (χ0) is 14.1. The summed E-state index contributed by atoms with van der Waals surface area (Å²) in [4.78, 5) is 21.3. The number of carbonyl (C=O) groups is 2. The molecule has 0 radical (unpaired) electrons. The smallest absolute Gasteiger partial charge is 0.323 e. The topological polar surface area (TPSA) is 87.7 Å². The van der Waals surface area contributed by atoms with E-state index in [1.165, 1.54) is 5.56 Å². The van der Waals surface area contributed by atoms with Gasteiger partial charge in [-0.2, -0.15) is 0 Å². The summed E-state index contributed by atoms with van der Waals surface area (Å²) in [6, 6.07) is 7.22. The van der Waals surface area contributed by atoms with Crippen LogP contribution >= 0.6 is 0 Å². The predicted octanol–water partition coefficient (Wildman–Crippen LogP) is 1.15. The molecule has 104 valence electrons. The molecule has 19 heavy (non-hydrogen) atoms. The van der Waals surface area contributed by atoms with Gasteiger partial charge in [0.2, 0.25) is 0 Å². The Bertz CT molecular complexity index is 417. The maximum absolute atomic E-state index is 11.1. The van der Waals surface area contributed by atoms with E-state index in [1.54, 1.807) is 0 Å². The summed E-state index contributed by atoms with van der Waals surface area (Å²) in [5.41, 5.74) is 1.17. The molecular formula is C13H18N2O4. The van der Waals surface area contributed by atoms with Gasteiger partial charge in [0, 0.05) is 6.54 Å². The molecule has 0 aliphatic carbocycles. The standard InChI is InChI=1S/C13H18N2O4/c1-10-3-5-11(6-4-10)19-8-2-7-14-13(18)15-9-12(16)17/h3-6H,2,7-9H2,1H3,(H,16,17)(H2,14,15,18). The second kappa shape index (κ2) is 7.97. The molecule has 0 unspecified atom stereocenters. The van der Waals surface area contributed by atoms with Crippen LogP contribution in [0.1, 0.15) is 12.0 Å². The van der Waals surface area contributed by atoms with Crippen LogP contribution in [0.25, 0.3) is 0 Å². The number of hydrogen-bond donors (Lipinski definition) is 3. The number of nitrogens with one attached hydrogen (secondary N) is 2. The third-order valence-electron chi connectivity index (χ3n) is 2.30. The monoisotopic (exact) mass is 266 g/mol. The molecule has 0 saturated carbocycles. The van der Waals surface area contributed by atoms with E-state index in [0.717, 1.165) is 5.75 Å². The first-order chi connectivity index (χ1) is 9.08. The fraction of sp³-hybridized carbons (Fsp3) is 0.385. The molecule has 1 aromatic rings. The van der Waals surface area contributed by atoms with Gasteiger partial charge in [-0.25, -0.2) is 4.79 Å². The van der Waals surface area contributed by atoms with E-state index in [0.29, 0.717) is 19.6 Å². The Morgan fingerprint density at radius 1 is 1.21 bits per heavy atom. The third-order valence-corrected chi connectivity index (χ3v) is 2.30. The van der Waals surface area contributed by atoms with E-state index in [1.807, 2.05) is 31.2 Å². The zero-order valence-corrected chi connectivity index (χ0v) is 10.8. The average molecular weight is 266 g/mol. The Morgan fingerprint density at radius 2 is 1.89 bits per heavy atom. The van der Waals surface area contributed by atoms with Gasteiger partial charge in [-0.3, -0.25) is 4.79 Å². The first kappa shape index (κ1) is 14.8. The van der Waals surface area contributed by atoms with Crippen LogP contribution in [0.3, 0.4) is 0 Å². The van der Waals surface area contributed by atoms with E-state index in [2.05, 4.69) is 10.6 Å². The fourth-order valence-corrected chi connectivity index (χ4v) is 1.32. The Labute approximate surface area is 111 Å². The summed E-state index contributed by atoms with van der Waals surface area (Å²) in [5.74, 6) is -0.279. The highest BCUT2D eigenvalue weighted by Gasteiger charge is 2.01. The maximum atomic E-state index is 11.1. The number of amides is 2. The number of hydrogen-bond acceptors (Lipinski definition) is 3. The van der Waals surface area contributed by atoms with Gasteiger partial charge in [-0.05, 0) is 25.5 Å². The van der Waals surface area contributed by atoms with Crippen LogP contribution in [0, 0.1) is 6.92 Å². The van der Waals surface area contributed by atoms with Crippen molar-refractivity contribution in [3.05, 3.63) is 29.8 Å². The molecule has 3 N–H and O–H groups in total. The minimum Gasteiger partial charge on any atom is -0.494 e. The highest BCUT2D eigenvalue weighted by Crippen LogP contribution is 2.11. The van der Waals surface area contributed by atoms with Crippen LogP contribution < -0.4 is 15.4 Å². The van der Waals surface area contributed by atoms with Gasteiger partial charge in [0.1, 0.15) is 12.3 Å². The molecule has 0 aromatic heterocycles. The number of benzene rings is 1. The molecule has 0 bridgehead atoms. The molecule has 0 saturated heterocycles. The van der Waals surface area contributed by atoms with Crippen molar-refractivity contribution in [1.29, 1.82) is 0 Å². The second-order valence-corrected chi connectivity index (χ2v) is 4.02. The molecule has 0 atom stereocenters. The number of carbonyl (C=O) groups excluding carboxylic acids is 1. The summed E-state index contributed by atoms with van der Waals surface area (Å²) < 4.78 is 5.48. The first-order valence-corrected chi connectivity index (χ1v) is 6.01. The zero-order valence-electron chi connectivity index (χ0n) is 10.8. The summed E-state index contributed by atoms with van der Waals surface area (Å²) in [6.07, 6.45) is 0.647. The van der Waals surface area contributed by atoms with E-state index in [9.17, 15) is 9.59 Å². The molecule has 0 aliphatic heterocycles. The molecule has 0 spiro atoms. The van der Waals surface area contributed by atoms with Gasteiger partial charge in [-0.1, -0.05) is 17.7 Å². The van der Waals surface area contributed by atoms with E-state index < -0.39 is 12.0 Å². The van der Waals surface area contributed by atoms with Crippen molar-refractivity contribution >= 4 is 12.0 Å². The van der Waals surface area contributed by atoms with Gasteiger partial charge in [-0.15, -0.1) is 0 Å². The maximum Gasteiger partial charge on any atom is 0.323 e. The molecule has 6 heteroatoms. The van der Waals surface area contributed by atoms with Gasteiger partial charge in [0.25, 0.3) is 0 Å². The number of aryl methyl sites for hydroxylation is 1. The fourth-order valence-electron chi connectivity index (χ4n) is 1.32. The van der Waals surface area contributed by atoms with Crippen molar-refractivity contribution in [2.45, 2.75) is 13.3 Å². The Morgan fingerprint density at radius 3 is 2.53 bits per heavy atom. The summed E-state index contributed by atoms with van der Waals surface area (Å²) in [7, 11) is 0. The Balaban J connectivity index is 2.06. The minimum absolute atomic E-state index is 0.383. The number of carboxylic acid groups (broad SMARTS) is 1. The molecule has 2 amide bonds. The Hall–Kier alpha value is -2.24. The average Bonchev–Trinajstić information content (AvgIpc) is 2.38. The summed E-state index contributed by atoms with van der Waals surface area (Å²) in [5, 5.41) is 13.1. The van der Waals surface area contributed by atoms with Crippen molar-refractivity contribution < 1.29 is 19.4 Å². The number of ether oxygens (including phenoxy) is 1. The van der Waals surface area contributed by atoms with Crippen molar-refractivity contribution in [1.82, 2.24) is 10.6 Å². The summed E-state index contributed by atoms with van der Waals surface area (Å²) in [6.45, 7) is 2.54. The SMILES string of the molecule is Cc1ccc(OCCCNC(=O)NCC(=O)O)cc1. The number of carboxylic acids is 1. The van der Waals surface area contributed by atoms with Crippen LogP contribution in [-0.4, -0.2) is 36.8 Å². The first-order valence-electron chi connectivity index (χ1n) is 6.01. The lowest BCUT2D eigenvalue weighted by Gasteiger charge is -2.08. The highest BCUT2D eigenvalue weighted by molar-refractivity contribution is 5.79. The predicted molar refractivity (Wildman–Crippen MR) is 70.3 cm³/mol. The Kier molecular flexibility index (Phi) is 6.21. The van der Waals surface area contributed by atoms with Crippen LogP contribution in [0.2, 0.25) is 0 Å². The second-order valence-electron chi connectivity index (χ2n) is 4.02. The molecule has 0 heterocycles. The molecule has 0 aliphatic rings. The quantitative estimate of drug-likeness (QED) is 0.646. The molecule has 1 rings (SSSR count). The minimum atomic E-state index is -1.07. The van der Waals surface area contributed by atoms with Crippen LogP contribution in [0.4, 0.5) is 4.79 Å². The normalized spacial score (nSPS) is 9.74. The van der Waals surface area contributed by atoms with Crippen LogP contribution in [-0.2, 0) is 4.79 Å². The van der Waals surface area contributed by atoms with Gasteiger partial charge >= 0.3 is 12.0 Å². The van der Waals surface area contributed by atoms with Crippen molar-refractivity contribution in [3.8, 4) is 5.75 Å².